The van der Waals surface area contributed by atoms with Crippen LogP contribution in [0.25, 0.3) is 21.8 Å². The molecule has 0 N–H and O–H groups in total. The number of thiazole rings is 1. The molecule has 0 atom stereocenters. The lowest BCUT2D eigenvalue weighted by Gasteiger charge is -2.06. The first-order chi connectivity index (χ1) is 10.4. The summed E-state index contributed by atoms with van der Waals surface area (Å²) in [5.74, 6) is 0. The van der Waals surface area contributed by atoms with Gasteiger partial charge in [0.15, 0.2) is 0 Å². The van der Waals surface area contributed by atoms with Crippen molar-refractivity contribution in [2.24, 2.45) is 0 Å². The SMILES string of the molecule is Cc1ccc(-c2csc(-c3ccc(C(F)(F)F)cc3)n2)cc1. The normalized spacial score (nSPS) is 11.6. The fourth-order valence-corrected chi connectivity index (χ4v) is 2.90. The van der Waals surface area contributed by atoms with Gasteiger partial charge in [-0.1, -0.05) is 42.0 Å². The Kier molecular flexibility index (Phi) is 3.74. The number of benzene rings is 2. The second-order valence-corrected chi connectivity index (χ2v) is 5.84. The quantitative estimate of drug-likeness (QED) is 0.581. The van der Waals surface area contributed by atoms with E-state index in [9.17, 15) is 13.2 Å². The molecule has 0 fully saturated rings. The predicted molar refractivity (Wildman–Crippen MR) is 82.7 cm³/mol. The molecule has 0 unspecified atom stereocenters. The molecular formula is C17H12F3NS. The number of hydrogen-bond donors (Lipinski definition) is 0. The van der Waals surface area contributed by atoms with Crippen LogP contribution in [-0.2, 0) is 6.18 Å². The Labute approximate surface area is 130 Å². The van der Waals surface area contributed by atoms with Crippen LogP contribution in [0.1, 0.15) is 11.1 Å². The first-order valence-corrected chi connectivity index (χ1v) is 7.52. The summed E-state index contributed by atoms with van der Waals surface area (Å²) in [6, 6.07) is 13.1. The third kappa shape index (κ3) is 3.04. The second kappa shape index (κ2) is 5.57. The molecule has 0 radical (unpaired) electrons. The summed E-state index contributed by atoms with van der Waals surface area (Å²) >= 11 is 1.42. The minimum atomic E-state index is -4.31. The number of alkyl halides is 3. The highest BCUT2D eigenvalue weighted by molar-refractivity contribution is 7.13. The van der Waals surface area contributed by atoms with E-state index in [1.807, 2.05) is 36.6 Å². The van der Waals surface area contributed by atoms with Crippen LogP contribution in [0.5, 0.6) is 0 Å². The van der Waals surface area contributed by atoms with Crippen molar-refractivity contribution in [2.45, 2.75) is 13.1 Å². The van der Waals surface area contributed by atoms with Crippen molar-refractivity contribution in [3.05, 3.63) is 65.0 Å². The van der Waals surface area contributed by atoms with Crippen LogP contribution in [0.2, 0.25) is 0 Å². The average Bonchev–Trinajstić information content (AvgIpc) is 2.97. The summed E-state index contributed by atoms with van der Waals surface area (Å²) in [4.78, 5) is 4.51. The molecule has 0 spiro atoms. The van der Waals surface area contributed by atoms with Crippen molar-refractivity contribution in [1.29, 1.82) is 0 Å². The van der Waals surface area contributed by atoms with Crippen LogP contribution in [0, 0.1) is 6.92 Å². The second-order valence-electron chi connectivity index (χ2n) is 4.98. The van der Waals surface area contributed by atoms with Crippen molar-refractivity contribution in [3.8, 4) is 21.8 Å². The fourth-order valence-electron chi connectivity index (χ4n) is 2.07. The summed E-state index contributed by atoms with van der Waals surface area (Å²) in [6.45, 7) is 2.01. The minimum absolute atomic E-state index is 0.647. The van der Waals surface area contributed by atoms with Gasteiger partial charge in [-0.15, -0.1) is 11.3 Å². The zero-order chi connectivity index (χ0) is 15.7. The first-order valence-electron chi connectivity index (χ1n) is 6.64. The molecule has 0 aliphatic rings. The van der Waals surface area contributed by atoms with Crippen LogP contribution >= 0.6 is 11.3 Å². The van der Waals surface area contributed by atoms with Crippen LogP contribution < -0.4 is 0 Å². The summed E-state index contributed by atoms with van der Waals surface area (Å²) < 4.78 is 37.7. The zero-order valence-electron chi connectivity index (χ0n) is 11.7. The molecule has 1 heterocycles. The van der Waals surface area contributed by atoms with E-state index in [1.165, 1.54) is 29.0 Å². The molecule has 0 saturated heterocycles. The molecule has 0 amide bonds. The number of halogens is 3. The molecule has 1 nitrogen and oxygen atoms in total. The number of hydrogen-bond acceptors (Lipinski definition) is 2. The van der Waals surface area contributed by atoms with Crippen molar-refractivity contribution in [3.63, 3.8) is 0 Å². The Morgan fingerprint density at radius 2 is 1.45 bits per heavy atom. The molecule has 3 rings (SSSR count). The molecule has 112 valence electrons. The number of aromatic nitrogens is 1. The van der Waals surface area contributed by atoms with Gasteiger partial charge in [0.25, 0.3) is 0 Å². The van der Waals surface area contributed by atoms with Crippen LogP contribution in [0.3, 0.4) is 0 Å². The van der Waals surface area contributed by atoms with Gasteiger partial charge in [0.05, 0.1) is 11.3 Å². The van der Waals surface area contributed by atoms with Crippen LogP contribution in [0.4, 0.5) is 13.2 Å². The van der Waals surface area contributed by atoms with Crippen molar-refractivity contribution >= 4 is 11.3 Å². The van der Waals surface area contributed by atoms with Gasteiger partial charge in [-0.25, -0.2) is 4.98 Å². The molecule has 1 aromatic heterocycles. The molecular weight excluding hydrogens is 307 g/mol. The number of nitrogens with zero attached hydrogens (tertiary/aromatic N) is 1. The van der Waals surface area contributed by atoms with Gasteiger partial charge in [-0.2, -0.15) is 13.2 Å². The van der Waals surface area contributed by atoms with Gasteiger partial charge < -0.3 is 0 Å². The monoisotopic (exact) mass is 319 g/mol. The Morgan fingerprint density at radius 3 is 2.05 bits per heavy atom. The van der Waals surface area contributed by atoms with Crippen LogP contribution in [0.15, 0.2) is 53.9 Å². The molecule has 2 aromatic carbocycles. The van der Waals surface area contributed by atoms with E-state index in [4.69, 9.17) is 0 Å². The fraction of sp³-hybridized carbons (Fsp3) is 0.118. The number of rotatable bonds is 2. The highest BCUT2D eigenvalue weighted by Crippen LogP contribution is 2.33. The van der Waals surface area contributed by atoms with E-state index < -0.39 is 11.7 Å². The van der Waals surface area contributed by atoms with Crippen molar-refractivity contribution in [2.75, 3.05) is 0 Å². The summed E-state index contributed by atoms with van der Waals surface area (Å²) in [6.07, 6.45) is -4.31. The molecule has 3 aromatic rings. The highest BCUT2D eigenvalue weighted by Gasteiger charge is 2.30. The van der Waals surface area contributed by atoms with E-state index in [-0.39, 0.29) is 0 Å². The Bertz CT molecular complexity index is 771. The number of aryl methyl sites for hydroxylation is 1. The molecule has 22 heavy (non-hydrogen) atoms. The van der Waals surface area contributed by atoms with E-state index in [0.717, 1.165) is 23.4 Å². The maximum Gasteiger partial charge on any atom is 0.416 e. The average molecular weight is 319 g/mol. The van der Waals surface area contributed by atoms with Gasteiger partial charge in [0.1, 0.15) is 5.01 Å². The summed E-state index contributed by atoms with van der Waals surface area (Å²) in [5, 5.41) is 2.63. The van der Waals surface area contributed by atoms with Gasteiger partial charge >= 0.3 is 6.18 Å². The van der Waals surface area contributed by atoms with E-state index in [0.29, 0.717) is 10.6 Å². The van der Waals surface area contributed by atoms with Gasteiger partial charge in [-0.3, -0.25) is 0 Å². The lowest BCUT2D eigenvalue weighted by Crippen LogP contribution is -2.03. The lowest BCUT2D eigenvalue weighted by atomic mass is 10.1. The van der Waals surface area contributed by atoms with E-state index in [2.05, 4.69) is 4.98 Å². The molecule has 0 aliphatic carbocycles. The van der Waals surface area contributed by atoms with Gasteiger partial charge in [0.2, 0.25) is 0 Å². The first kappa shape index (κ1) is 14.8. The third-order valence-electron chi connectivity index (χ3n) is 3.31. The Hall–Kier alpha value is -2.14. The van der Waals surface area contributed by atoms with E-state index >= 15 is 0 Å². The smallest absolute Gasteiger partial charge is 0.236 e. The Balaban J connectivity index is 1.89. The molecule has 0 aliphatic heterocycles. The molecule has 0 bridgehead atoms. The maximum atomic E-state index is 12.6. The van der Waals surface area contributed by atoms with Gasteiger partial charge in [0, 0.05) is 16.5 Å². The minimum Gasteiger partial charge on any atom is -0.236 e. The third-order valence-corrected chi connectivity index (χ3v) is 4.20. The lowest BCUT2D eigenvalue weighted by molar-refractivity contribution is -0.137. The summed E-state index contributed by atoms with van der Waals surface area (Å²) in [5.41, 5.74) is 3.05. The van der Waals surface area contributed by atoms with Crippen molar-refractivity contribution in [1.82, 2.24) is 4.98 Å². The topological polar surface area (TPSA) is 12.9 Å². The maximum absolute atomic E-state index is 12.6. The van der Waals surface area contributed by atoms with Crippen molar-refractivity contribution < 1.29 is 13.2 Å². The largest absolute Gasteiger partial charge is 0.416 e. The van der Waals surface area contributed by atoms with Crippen LogP contribution in [-0.4, -0.2) is 4.98 Å². The highest BCUT2D eigenvalue weighted by atomic mass is 32.1. The standard InChI is InChI=1S/C17H12F3NS/c1-11-2-4-12(5-3-11)15-10-22-16(21-15)13-6-8-14(9-7-13)17(18,19)20/h2-10H,1H3. The van der Waals surface area contributed by atoms with Gasteiger partial charge in [-0.05, 0) is 19.1 Å². The Morgan fingerprint density at radius 1 is 0.864 bits per heavy atom. The predicted octanol–water partition coefficient (Wildman–Crippen LogP) is 5.80. The molecule has 0 saturated carbocycles. The molecule has 5 heteroatoms. The summed E-state index contributed by atoms with van der Waals surface area (Å²) in [7, 11) is 0. The zero-order valence-corrected chi connectivity index (χ0v) is 12.5. The van der Waals surface area contributed by atoms with E-state index in [1.54, 1.807) is 0 Å².